The van der Waals surface area contributed by atoms with Crippen molar-refractivity contribution in [3.63, 3.8) is 0 Å². The molecule has 0 unspecified atom stereocenters. The molecular formula is C14H20O2. The second-order valence-electron chi connectivity index (χ2n) is 3.16. The molecule has 0 atom stereocenters. The van der Waals surface area contributed by atoms with Gasteiger partial charge in [-0.05, 0) is 25.0 Å². The molecule has 0 spiro atoms. The third kappa shape index (κ3) is 7.68. The molecule has 0 aliphatic carbocycles. The molecule has 0 aromatic heterocycles. The quantitative estimate of drug-likeness (QED) is 0.557. The predicted molar refractivity (Wildman–Crippen MR) is 68.2 cm³/mol. The summed E-state index contributed by atoms with van der Waals surface area (Å²) >= 11 is 0. The molecule has 0 fully saturated rings. The van der Waals surface area contributed by atoms with Crippen LogP contribution in [0.3, 0.4) is 0 Å². The Balaban J connectivity index is 0.000000281. The fourth-order valence-electron chi connectivity index (χ4n) is 0.926. The van der Waals surface area contributed by atoms with E-state index in [0.29, 0.717) is 13.2 Å². The lowest BCUT2D eigenvalue weighted by atomic mass is 10.1. The van der Waals surface area contributed by atoms with Crippen molar-refractivity contribution in [3.05, 3.63) is 61.1 Å². The summed E-state index contributed by atoms with van der Waals surface area (Å²) in [6, 6.07) is 8.36. The second-order valence-corrected chi connectivity index (χ2v) is 3.16. The molecule has 16 heavy (non-hydrogen) atoms. The van der Waals surface area contributed by atoms with Crippen LogP contribution >= 0.6 is 0 Å². The van der Waals surface area contributed by atoms with E-state index < -0.39 is 0 Å². The summed E-state index contributed by atoms with van der Waals surface area (Å²) in [5, 5.41) is 0. The molecule has 88 valence electrons. The highest BCUT2D eigenvalue weighted by atomic mass is 16.5. The maximum Gasteiger partial charge on any atom is 0.121 e. The van der Waals surface area contributed by atoms with Crippen LogP contribution in [-0.4, -0.2) is 13.2 Å². The molecule has 0 heterocycles. The van der Waals surface area contributed by atoms with Gasteiger partial charge in [-0.3, -0.25) is 0 Å². The Kier molecular flexibility index (Phi) is 8.79. The number of benzene rings is 1. The van der Waals surface area contributed by atoms with Gasteiger partial charge in [-0.15, -0.1) is 0 Å². The Hall–Kier alpha value is -1.70. The van der Waals surface area contributed by atoms with Gasteiger partial charge in [-0.25, -0.2) is 0 Å². The maximum absolute atomic E-state index is 4.73. The summed E-state index contributed by atoms with van der Waals surface area (Å²) in [7, 11) is 0. The van der Waals surface area contributed by atoms with Gasteiger partial charge in [0.2, 0.25) is 0 Å². The average Bonchev–Trinajstić information content (AvgIpc) is 2.30. The molecule has 0 aliphatic rings. The van der Waals surface area contributed by atoms with Crippen molar-refractivity contribution >= 4 is 0 Å². The lowest BCUT2D eigenvalue weighted by Gasteiger charge is -1.97. The lowest BCUT2D eigenvalue weighted by Crippen LogP contribution is -1.95. The largest absolute Gasteiger partial charge is 0.498 e. The molecule has 0 saturated heterocycles. The Morgan fingerprint density at radius 3 is 1.56 bits per heavy atom. The number of hydrogen-bond acceptors (Lipinski definition) is 2. The molecule has 0 radical (unpaired) electrons. The van der Waals surface area contributed by atoms with Gasteiger partial charge in [0.15, 0.2) is 0 Å². The molecule has 2 nitrogen and oxygen atoms in total. The van der Waals surface area contributed by atoms with Gasteiger partial charge >= 0.3 is 0 Å². The van der Waals surface area contributed by atoms with Gasteiger partial charge < -0.3 is 9.47 Å². The minimum absolute atomic E-state index is 0.537. The first-order valence-electron chi connectivity index (χ1n) is 5.19. The van der Waals surface area contributed by atoms with Crippen molar-refractivity contribution in [1.29, 1.82) is 0 Å². The third-order valence-electron chi connectivity index (χ3n) is 1.98. The van der Waals surface area contributed by atoms with Crippen LogP contribution in [0, 0.1) is 13.8 Å². The normalized spacial score (nSPS) is 8.38. The zero-order valence-electron chi connectivity index (χ0n) is 10.1. The zero-order chi connectivity index (χ0) is 12.2. The fraction of sp³-hybridized carbons (Fsp3) is 0.286. The maximum atomic E-state index is 4.73. The lowest BCUT2D eigenvalue weighted by molar-refractivity contribution is 0.151. The van der Waals surface area contributed by atoms with Gasteiger partial charge in [0, 0.05) is 0 Å². The van der Waals surface area contributed by atoms with Crippen LogP contribution < -0.4 is 0 Å². The minimum atomic E-state index is 0.537. The topological polar surface area (TPSA) is 18.5 Å². The van der Waals surface area contributed by atoms with Gasteiger partial charge in [0.1, 0.15) is 13.2 Å². The summed E-state index contributed by atoms with van der Waals surface area (Å²) in [6.07, 6.45) is 2.76. The van der Waals surface area contributed by atoms with E-state index in [1.807, 2.05) is 0 Å². The van der Waals surface area contributed by atoms with Crippen molar-refractivity contribution in [3.8, 4) is 0 Å². The van der Waals surface area contributed by atoms with Crippen LogP contribution in [0.25, 0.3) is 0 Å². The Morgan fingerprint density at radius 1 is 0.938 bits per heavy atom. The number of rotatable bonds is 5. The summed E-state index contributed by atoms with van der Waals surface area (Å²) in [5.74, 6) is 0. The average molecular weight is 220 g/mol. The first-order chi connectivity index (χ1) is 7.72. The Morgan fingerprint density at radius 2 is 1.31 bits per heavy atom. The van der Waals surface area contributed by atoms with E-state index in [4.69, 9.17) is 9.47 Å². The molecule has 1 rings (SSSR count). The first-order valence-corrected chi connectivity index (χ1v) is 5.19. The number of ether oxygens (including phenoxy) is 2. The van der Waals surface area contributed by atoms with Gasteiger partial charge in [-0.1, -0.05) is 37.4 Å². The minimum Gasteiger partial charge on any atom is -0.498 e. The van der Waals surface area contributed by atoms with E-state index in [0.717, 1.165) is 0 Å². The molecule has 2 heteroatoms. The van der Waals surface area contributed by atoms with Crippen molar-refractivity contribution in [2.45, 2.75) is 13.8 Å². The molecule has 0 N–H and O–H groups in total. The SMILES string of the molecule is C=COCCOC=C.Cc1ccccc1C. The molecular weight excluding hydrogens is 200 g/mol. The Labute approximate surface area is 98.2 Å². The summed E-state index contributed by atoms with van der Waals surface area (Å²) < 4.78 is 9.45. The van der Waals surface area contributed by atoms with E-state index >= 15 is 0 Å². The smallest absolute Gasteiger partial charge is 0.121 e. The van der Waals surface area contributed by atoms with E-state index in [1.54, 1.807) is 0 Å². The Bertz CT molecular complexity index is 274. The number of aryl methyl sites for hydroxylation is 2. The third-order valence-corrected chi connectivity index (χ3v) is 1.98. The fourth-order valence-corrected chi connectivity index (χ4v) is 0.926. The van der Waals surface area contributed by atoms with Crippen LogP contribution in [-0.2, 0) is 9.47 Å². The second kappa shape index (κ2) is 9.84. The molecule has 1 aromatic carbocycles. The van der Waals surface area contributed by atoms with E-state index in [1.165, 1.54) is 23.7 Å². The van der Waals surface area contributed by atoms with Crippen molar-refractivity contribution in [2.75, 3.05) is 13.2 Å². The van der Waals surface area contributed by atoms with Crippen LogP contribution in [0.1, 0.15) is 11.1 Å². The van der Waals surface area contributed by atoms with E-state index in [2.05, 4.69) is 51.3 Å². The van der Waals surface area contributed by atoms with Crippen molar-refractivity contribution in [1.82, 2.24) is 0 Å². The zero-order valence-corrected chi connectivity index (χ0v) is 10.1. The van der Waals surface area contributed by atoms with E-state index in [9.17, 15) is 0 Å². The molecule has 0 amide bonds. The summed E-state index contributed by atoms with van der Waals surface area (Å²) in [5.41, 5.74) is 2.74. The molecule has 0 saturated carbocycles. The first kappa shape index (κ1) is 14.3. The monoisotopic (exact) mass is 220 g/mol. The van der Waals surface area contributed by atoms with Gasteiger partial charge in [0.25, 0.3) is 0 Å². The van der Waals surface area contributed by atoms with Crippen LogP contribution in [0.15, 0.2) is 49.9 Å². The summed E-state index contributed by atoms with van der Waals surface area (Å²) in [4.78, 5) is 0. The highest BCUT2D eigenvalue weighted by Gasteiger charge is 1.83. The van der Waals surface area contributed by atoms with Crippen LogP contribution in [0.4, 0.5) is 0 Å². The van der Waals surface area contributed by atoms with Crippen LogP contribution in [0.5, 0.6) is 0 Å². The highest BCUT2D eigenvalue weighted by Crippen LogP contribution is 2.02. The predicted octanol–water partition coefficient (Wildman–Crippen LogP) is 3.61. The van der Waals surface area contributed by atoms with Crippen molar-refractivity contribution < 1.29 is 9.47 Å². The molecule has 0 bridgehead atoms. The molecule has 1 aromatic rings. The van der Waals surface area contributed by atoms with Gasteiger partial charge in [-0.2, -0.15) is 0 Å². The van der Waals surface area contributed by atoms with Crippen LogP contribution in [0.2, 0.25) is 0 Å². The molecule has 0 aliphatic heterocycles. The van der Waals surface area contributed by atoms with Gasteiger partial charge in [0.05, 0.1) is 12.5 Å². The van der Waals surface area contributed by atoms with E-state index in [-0.39, 0.29) is 0 Å². The highest BCUT2D eigenvalue weighted by molar-refractivity contribution is 5.23. The summed E-state index contributed by atoms with van der Waals surface area (Å²) in [6.45, 7) is 12.0. The van der Waals surface area contributed by atoms with Crippen molar-refractivity contribution in [2.24, 2.45) is 0 Å². The number of hydrogen-bond donors (Lipinski definition) is 0. The standard InChI is InChI=1S/C8H10.C6H10O2/c1-7-5-3-4-6-8(7)2;1-3-7-5-6-8-4-2/h3-6H,1-2H3;3-4H,1-2,5-6H2.